The van der Waals surface area contributed by atoms with Gasteiger partial charge in [-0.3, -0.25) is 4.79 Å². The van der Waals surface area contributed by atoms with E-state index in [9.17, 15) is 14.0 Å². The molecule has 0 atom stereocenters. The van der Waals surface area contributed by atoms with E-state index < -0.39 is 23.2 Å². The molecule has 0 aliphatic carbocycles. The van der Waals surface area contributed by atoms with Crippen LogP contribution in [0.5, 0.6) is 0 Å². The smallest absolute Gasteiger partial charge is 0.330 e. The number of esters is 1. The van der Waals surface area contributed by atoms with E-state index in [0.29, 0.717) is 0 Å². The lowest BCUT2D eigenvalue weighted by molar-refractivity contribution is -0.146. The van der Waals surface area contributed by atoms with Crippen molar-refractivity contribution in [2.24, 2.45) is 0 Å². The Labute approximate surface area is 98.8 Å². The van der Waals surface area contributed by atoms with E-state index in [1.165, 1.54) is 45.2 Å². The molecule has 0 heterocycles. The van der Waals surface area contributed by atoms with Gasteiger partial charge in [-0.15, -0.1) is 0 Å². The molecule has 0 spiro atoms. The quantitative estimate of drug-likeness (QED) is 0.813. The molecule has 0 fully saturated rings. The van der Waals surface area contributed by atoms with Gasteiger partial charge in [0.05, 0.1) is 7.11 Å². The Kier molecular flexibility index (Phi) is 3.83. The maximum absolute atomic E-state index is 12.7. The van der Waals surface area contributed by atoms with Crippen LogP contribution in [0.15, 0.2) is 24.3 Å². The summed E-state index contributed by atoms with van der Waals surface area (Å²) in [6.45, 7) is 3.06. The Morgan fingerprint density at radius 2 is 1.76 bits per heavy atom. The van der Waals surface area contributed by atoms with Gasteiger partial charge in [0, 0.05) is 5.56 Å². The Morgan fingerprint density at radius 1 is 1.24 bits per heavy atom. The second kappa shape index (κ2) is 4.95. The lowest BCUT2D eigenvalue weighted by Gasteiger charge is -2.23. The minimum Gasteiger partial charge on any atom is -0.467 e. The molecule has 1 aromatic rings. The fraction of sp³-hybridized carbons (Fsp3) is 0.333. The number of benzene rings is 1. The summed E-state index contributed by atoms with van der Waals surface area (Å²) >= 11 is 0. The van der Waals surface area contributed by atoms with Gasteiger partial charge in [-0.05, 0) is 38.1 Å². The van der Waals surface area contributed by atoms with Gasteiger partial charge in [-0.2, -0.15) is 0 Å². The molecular weight excluding hydrogens is 225 g/mol. The summed E-state index contributed by atoms with van der Waals surface area (Å²) < 4.78 is 17.2. The number of amides is 1. The van der Waals surface area contributed by atoms with Gasteiger partial charge in [0.2, 0.25) is 0 Å². The SMILES string of the molecule is COC(=O)C(C)(C)NC(=O)c1ccc(F)cc1. The molecule has 1 amide bonds. The molecule has 1 rings (SSSR count). The number of carbonyl (C=O) groups is 2. The van der Waals surface area contributed by atoms with Gasteiger partial charge < -0.3 is 10.1 Å². The molecule has 0 bridgehead atoms. The number of halogens is 1. The topological polar surface area (TPSA) is 55.4 Å². The molecule has 0 radical (unpaired) electrons. The predicted molar refractivity (Wildman–Crippen MR) is 60.0 cm³/mol. The highest BCUT2D eigenvalue weighted by molar-refractivity contribution is 5.97. The van der Waals surface area contributed by atoms with Crippen molar-refractivity contribution >= 4 is 11.9 Å². The highest BCUT2D eigenvalue weighted by Gasteiger charge is 2.30. The number of hydrogen-bond acceptors (Lipinski definition) is 3. The van der Waals surface area contributed by atoms with Crippen LogP contribution < -0.4 is 5.32 Å². The number of carbonyl (C=O) groups excluding carboxylic acids is 2. The third kappa shape index (κ3) is 3.27. The first-order valence-corrected chi connectivity index (χ1v) is 5.03. The summed E-state index contributed by atoms with van der Waals surface area (Å²) in [5.41, 5.74) is -0.844. The van der Waals surface area contributed by atoms with E-state index in [4.69, 9.17) is 0 Å². The van der Waals surface area contributed by atoms with Gasteiger partial charge >= 0.3 is 5.97 Å². The number of ether oxygens (including phenoxy) is 1. The fourth-order valence-corrected chi connectivity index (χ4v) is 1.26. The molecular formula is C12H14FNO3. The minimum absolute atomic E-state index is 0.281. The summed E-state index contributed by atoms with van der Waals surface area (Å²) in [6.07, 6.45) is 0. The van der Waals surface area contributed by atoms with Crippen LogP contribution in [0.4, 0.5) is 4.39 Å². The van der Waals surface area contributed by atoms with Crippen LogP contribution in [-0.4, -0.2) is 24.5 Å². The number of nitrogens with one attached hydrogen (secondary N) is 1. The normalized spacial score (nSPS) is 10.8. The molecule has 0 aromatic heterocycles. The Morgan fingerprint density at radius 3 is 2.24 bits per heavy atom. The van der Waals surface area contributed by atoms with Crippen LogP contribution in [0.2, 0.25) is 0 Å². The average molecular weight is 239 g/mol. The maximum atomic E-state index is 12.7. The predicted octanol–water partition coefficient (Wildman–Crippen LogP) is 1.51. The van der Waals surface area contributed by atoms with Crippen molar-refractivity contribution < 1.29 is 18.7 Å². The van der Waals surface area contributed by atoms with Crippen molar-refractivity contribution in [2.75, 3.05) is 7.11 Å². The molecule has 1 N–H and O–H groups in total. The highest BCUT2D eigenvalue weighted by atomic mass is 19.1. The minimum atomic E-state index is -1.12. The van der Waals surface area contributed by atoms with Crippen LogP contribution in [-0.2, 0) is 9.53 Å². The van der Waals surface area contributed by atoms with Crippen molar-refractivity contribution in [3.05, 3.63) is 35.6 Å². The van der Waals surface area contributed by atoms with E-state index in [2.05, 4.69) is 10.1 Å². The zero-order chi connectivity index (χ0) is 13.1. The maximum Gasteiger partial charge on any atom is 0.330 e. The first-order chi connectivity index (χ1) is 7.86. The third-order valence-corrected chi connectivity index (χ3v) is 2.23. The molecule has 5 heteroatoms. The fourth-order valence-electron chi connectivity index (χ4n) is 1.26. The average Bonchev–Trinajstić information content (AvgIpc) is 2.28. The van der Waals surface area contributed by atoms with Crippen LogP contribution >= 0.6 is 0 Å². The summed E-state index contributed by atoms with van der Waals surface area (Å²) in [6, 6.07) is 5.05. The number of methoxy groups -OCH3 is 1. The molecule has 0 saturated carbocycles. The summed E-state index contributed by atoms with van der Waals surface area (Å²) in [5.74, 6) is -1.43. The van der Waals surface area contributed by atoms with Crippen molar-refractivity contribution in [1.29, 1.82) is 0 Å². The van der Waals surface area contributed by atoms with Gasteiger partial charge in [-0.1, -0.05) is 0 Å². The zero-order valence-electron chi connectivity index (χ0n) is 9.91. The summed E-state index contributed by atoms with van der Waals surface area (Å²) in [7, 11) is 1.24. The van der Waals surface area contributed by atoms with Crippen LogP contribution in [0.25, 0.3) is 0 Å². The zero-order valence-corrected chi connectivity index (χ0v) is 9.91. The first-order valence-electron chi connectivity index (χ1n) is 5.03. The van der Waals surface area contributed by atoms with E-state index in [0.717, 1.165) is 0 Å². The third-order valence-electron chi connectivity index (χ3n) is 2.23. The van der Waals surface area contributed by atoms with E-state index in [1.54, 1.807) is 0 Å². The standard InChI is InChI=1S/C12H14FNO3/c1-12(2,11(16)17-3)14-10(15)8-4-6-9(13)7-5-8/h4-7H,1-3H3,(H,14,15). The molecule has 92 valence electrons. The molecule has 0 aliphatic heterocycles. The van der Waals surface area contributed by atoms with Gasteiger partial charge in [0.1, 0.15) is 11.4 Å². The monoisotopic (exact) mass is 239 g/mol. The molecule has 0 saturated heterocycles. The second-order valence-electron chi connectivity index (χ2n) is 4.08. The highest BCUT2D eigenvalue weighted by Crippen LogP contribution is 2.08. The van der Waals surface area contributed by atoms with Crippen LogP contribution in [0, 0.1) is 5.82 Å². The second-order valence-corrected chi connectivity index (χ2v) is 4.08. The molecule has 17 heavy (non-hydrogen) atoms. The van der Waals surface area contributed by atoms with E-state index in [1.807, 2.05) is 0 Å². The van der Waals surface area contributed by atoms with Gasteiger partial charge in [0.25, 0.3) is 5.91 Å². The van der Waals surface area contributed by atoms with Crippen molar-refractivity contribution in [1.82, 2.24) is 5.32 Å². The number of hydrogen-bond donors (Lipinski definition) is 1. The Balaban J connectivity index is 2.79. The Hall–Kier alpha value is -1.91. The van der Waals surface area contributed by atoms with Gasteiger partial charge in [0.15, 0.2) is 0 Å². The lowest BCUT2D eigenvalue weighted by atomic mass is 10.1. The van der Waals surface area contributed by atoms with E-state index in [-0.39, 0.29) is 5.56 Å². The molecule has 0 aliphatic rings. The van der Waals surface area contributed by atoms with Crippen molar-refractivity contribution in [3.8, 4) is 0 Å². The van der Waals surface area contributed by atoms with Crippen molar-refractivity contribution in [2.45, 2.75) is 19.4 Å². The molecule has 0 unspecified atom stereocenters. The van der Waals surface area contributed by atoms with Crippen LogP contribution in [0.3, 0.4) is 0 Å². The van der Waals surface area contributed by atoms with Gasteiger partial charge in [-0.25, -0.2) is 9.18 Å². The summed E-state index contributed by atoms with van der Waals surface area (Å²) in [4.78, 5) is 23.1. The summed E-state index contributed by atoms with van der Waals surface area (Å²) in [5, 5.41) is 2.51. The lowest BCUT2D eigenvalue weighted by Crippen LogP contribution is -2.50. The molecule has 1 aromatic carbocycles. The van der Waals surface area contributed by atoms with E-state index >= 15 is 0 Å². The first kappa shape index (κ1) is 13.2. The Bertz CT molecular complexity index is 426. The van der Waals surface area contributed by atoms with Crippen LogP contribution in [0.1, 0.15) is 24.2 Å². The van der Waals surface area contributed by atoms with Crippen molar-refractivity contribution in [3.63, 3.8) is 0 Å². The number of rotatable bonds is 3. The largest absolute Gasteiger partial charge is 0.467 e. The molecule has 4 nitrogen and oxygen atoms in total.